The van der Waals surface area contributed by atoms with E-state index in [1.54, 1.807) is 42.5 Å². The summed E-state index contributed by atoms with van der Waals surface area (Å²) in [7, 11) is 0. The van der Waals surface area contributed by atoms with Gasteiger partial charge >= 0.3 is 10.8 Å². The van der Waals surface area contributed by atoms with Gasteiger partial charge in [0.05, 0.1) is 10.5 Å². The fraction of sp³-hybridized carbons (Fsp3) is 0.0769. The summed E-state index contributed by atoms with van der Waals surface area (Å²) in [6, 6.07) is 21.9. The molecule has 4 aromatic rings. The molecule has 0 aliphatic carbocycles. The average Bonchev–Trinajstić information content (AvgIpc) is 3.11. The number of carbonyl (C=O) groups is 1. The lowest BCUT2D eigenvalue weighted by atomic mass is 10.0. The molecule has 33 heavy (non-hydrogen) atoms. The number of thiazole rings is 1. The lowest BCUT2D eigenvalue weighted by Gasteiger charge is -2.09. The third kappa shape index (κ3) is 5.58. The molecule has 4 rings (SSSR count). The Morgan fingerprint density at radius 2 is 1.58 bits per heavy atom. The summed E-state index contributed by atoms with van der Waals surface area (Å²) in [5.74, 6) is 0.0978. The standard InChI is InChI=1S/C26H21NO5S/c1-16-2-4-17(5-3-16)14-22(25(29)30)19-8-12-21(13-9-19)32-20-10-6-18(7-11-20)15-23-24(28)27-26(31)33-23/h2-14,28H,15H2,1H3,(H,27,31)(H,29,30). The predicted octanol–water partition coefficient (Wildman–Crippen LogP) is 5.46. The summed E-state index contributed by atoms with van der Waals surface area (Å²) in [6.45, 7) is 1.98. The number of nitrogens with one attached hydrogen (secondary N) is 1. The van der Waals surface area contributed by atoms with Gasteiger partial charge in [0.2, 0.25) is 5.88 Å². The van der Waals surface area contributed by atoms with E-state index in [2.05, 4.69) is 4.98 Å². The lowest BCUT2D eigenvalue weighted by Crippen LogP contribution is -1.99. The molecule has 1 heterocycles. The number of aryl methyl sites for hydroxylation is 1. The molecule has 0 bridgehead atoms. The molecule has 7 heteroatoms. The van der Waals surface area contributed by atoms with Crippen LogP contribution >= 0.6 is 11.3 Å². The van der Waals surface area contributed by atoms with Gasteiger partial charge in [-0.3, -0.25) is 9.78 Å². The number of carboxylic acids is 1. The van der Waals surface area contributed by atoms with E-state index in [0.717, 1.165) is 28.0 Å². The Labute approximate surface area is 194 Å². The summed E-state index contributed by atoms with van der Waals surface area (Å²) < 4.78 is 5.87. The topological polar surface area (TPSA) is 99.6 Å². The molecule has 0 saturated heterocycles. The fourth-order valence-electron chi connectivity index (χ4n) is 3.27. The van der Waals surface area contributed by atoms with Gasteiger partial charge in [-0.1, -0.05) is 65.4 Å². The number of aromatic hydroxyl groups is 1. The summed E-state index contributed by atoms with van der Waals surface area (Å²) in [5.41, 5.74) is 3.63. The molecule has 3 aromatic carbocycles. The largest absolute Gasteiger partial charge is 0.494 e. The number of carboxylic acid groups (broad SMARTS) is 1. The molecular weight excluding hydrogens is 438 g/mol. The van der Waals surface area contributed by atoms with E-state index in [1.807, 2.05) is 43.3 Å². The average molecular weight is 460 g/mol. The third-order valence-electron chi connectivity index (χ3n) is 5.01. The van der Waals surface area contributed by atoms with Crippen molar-refractivity contribution >= 4 is 29.0 Å². The highest BCUT2D eigenvalue weighted by Crippen LogP contribution is 2.27. The summed E-state index contributed by atoms with van der Waals surface area (Å²) in [5, 5.41) is 19.4. The van der Waals surface area contributed by atoms with Crippen LogP contribution in [0.3, 0.4) is 0 Å². The summed E-state index contributed by atoms with van der Waals surface area (Å²) in [6.07, 6.45) is 2.09. The molecule has 166 valence electrons. The van der Waals surface area contributed by atoms with Crippen molar-refractivity contribution in [3.05, 3.63) is 110 Å². The Morgan fingerprint density at radius 3 is 2.12 bits per heavy atom. The van der Waals surface area contributed by atoms with E-state index >= 15 is 0 Å². The molecule has 0 radical (unpaired) electrons. The lowest BCUT2D eigenvalue weighted by molar-refractivity contribution is -0.130. The van der Waals surface area contributed by atoms with E-state index in [1.165, 1.54) is 0 Å². The third-order valence-corrected chi connectivity index (χ3v) is 5.88. The van der Waals surface area contributed by atoms with E-state index < -0.39 is 5.97 Å². The van der Waals surface area contributed by atoms with Crippen LogP contribution in [-0.2, 0) is 11.2 Å². The first-order valence-corrected chi connectivity index (χ1v) is 11.0. The number of hydrogen-bond acceptors (Lipinski definition) is 5. The van der Waals surface area contributed by atoms with Crippen LogP contribution < -0.4 is 9.61 Å². The first kappa shape index (κ1) is 22.1. The van der Waals surface area contributed by atoms with Crippen LogP contribution in [0, 0.1) is 6.92 Å². The monoisotopic (exact) mass is 459 g/mol. The van der Waals surface area contributed by atoms with Crippen molar-refractivity contribution in [3.8, 4) is 17.4 Å². The molecule has 0 fully saturated rings. The Bertz CT molecular complexity index is 1350. The van der Waals surface area contributed by atoms with Gasteiger partial charge in [-0.05, 0) is 54.0 Å². The SMILES string of the molecule is Cc1ccc(C=C(C(=O)O)c2ccc(Oc3ccc(Cc4sc(=O)[nH]c4O)cc3)cc2)cc1. The minimum atomic E-state index is -1.00. The second-order valence-electron chi connectivity index (χ2n) is 7.51. The first-order valence-electron chi connectivity index (χ1n) is 10.2. The zero-order chi connectivity index (χ0) is 23.4. The molecule has 0 unspecified atom stereocenters. The predicted molar refractivity (Wildman–Crippen MR) is 129 cm³/mol. The van der Waals surface area contributed by atoms with E-state index in [9.17, 15) is 19.8 Å². The van der Waals surface area contributed by atoms with Crippen LogP contribution in [0.2, 0.25) is 0 Å². The van der Waals surface area contributed by atoms with Gasteiger partial charge in [-0.25, -0.2) is 4.79 Å². The van der Waals surface area contributed by atoms with E-state index in [-0.39, 0.29) is 16.3 Å². The fourth-order valence-corrected chi connectivity index (χ4v) is 4.03. The number of aromatic amines is 1. The van der Waals surface area contributed by atoms with Crippen molar-refractivity contribution in [2.45, 2.75) is 13.3 Å². The zero-order valence-corrected chi connectivity index (χ0v) is 18.6. The van der Waals surface area contributed by atoms with Gasteiger partial charge in [0.1, 0.15) is 11.5 Å². The van der Waals surface area contributed by atoms with Crippen LogP contribution in [-0.4, -0.2) is 21.2 Å². The zero-order valence-electron chi connectivity index (χ0n) is 17.7. The van der Waals surface area contributed by atoms with Crippen molar-refractivity contribution in [2.24, 2.45) is 0 Å². The summed E-state index contributed by atoms with van der Waals surface area (Å²) in [4.78, 5) is 25.8. The number of hydrogen-bond donors (Lipinski definition) is 3. The van der Waals surface area contributed by atoms with Crippen molar-refractivity contribution in [2.75, 3.05) is 0 Å². The first-order chi connectivity index (χ1) is 15.9. The Balaban J connectivity index is 1.46. The van der Waals surface area contributed by atoms with Crippen LogP contribution in [0.4, 0.5) is 0 Å². The smallest absolute Gasteiger partial charge is 0.336 e. The summed E-state index contributed by atoms with van der Waals surface area (Å²) >= 11 is 0.984. The Kier molecular flexibility index (Phi) is 6.42. The number of benzene rings is 3. The second-order valence-corrected chi connectivity index (χ2v) is 8.58. The van der Waals surface area contributed by atoms with Gasteiger partial charge in [0.25, 0.3) is 0 Å². The van der Waals surface area contributed by atoms with Crippen molar-refractivity contribution < 1.29 is 19.7 Å². The highest BCUT2D eigenvalue weighted by molar-refractivity contribution is 7.09. The molecule has 0 aliphatic rings. The van der Waals surface area contributed by atoms with Crippen molar-refractivity contribution in [3.63, 3.8) is 0 Å². The van der Waals surface area contributed by atoms with E-state index in [4.69, 9.17) is 4.74 Å². The van der Waals surface area contributed by atoms with Crippen molar-refractivity contribution in [1.29, 1.82) is 0 Å². The molecule has 0 atom stereocenters. The molecule has 0 spiro atoms. The van der Waals surface area contributed by atoms with Crippen LogP contribution in [0.1, 0.15) is 27.1 Å². The van der Waals surface area contributed by atoms with Gasteiger partial charge in [-0.2, -0.15) is 0 Å². The number of ether oxygens (including phenoxy) is 1. The molecular formula is C26H21NO5S. The normalized spacial score (nSPS) is 11.4. The van der Waals surface area contributed by atoms with Crippen LogP contribution in [0.15, 0.2) is 77.6 Å². The van der Waals surface area contributed by atoms with Crippen LogP contribution in [0.5, 0.6) is 17.4 Å². The molecule has 3 N–H and O–H groups in total. The quantitative estimate of drug-likeness (QED) is 0.252. The molecule has 0 saturated carbocycles. The van der Waals surface area contributed by atoms with Gasteiger partial charge in [-0.15, -0.1) is 0 Å². The Hall–Kier alpha value is -4.10. The van der Waals surface area contributed by atoms with Gasteiger partial charge in [0.15, 0.2) is 0 Å². The van der Waals surface area contributed by atoms with Gasteiger partial charge in [0, 0.05) is 6.42 Å². The molecule has 0 amide bonds. The molecule has 0 aliphatic heterocycles. The van der Waals surface area contributed by atoms with E-state index in [0.29, 0.717) is 28.4 Å². The number of aliphatic carboxylic acids is 1. The number of aromatic nitrogens is 1. The second kappa shape index (κ2) is 9.58. The maximum Gasteiger partial charge on any atom is 0.336 e. The molecule has 6 nitrogen and oxygen atoms in total. The van der Waals surface area contributed by atoms with Crippen molar-refractivity contribution in [1.82, 2.24) is 4.98 Å². The minimum Gasteiger partial charge on any atom is -0.494 e. The highest BCUT2D eigenvalue weighted by Gasteiger charge is 2.11. The Morgan fingerprint density at radius 1 is 0.970 bits per heavy atom. The van der Waals surface area contributed by atoms with Crippen LogP contribution in [0.25, 0.3) is 11.6 Å². The number of rotatable bonds is 7. The highest BCUT2D eigenvalue weighted by atomic mass is 32.1. The van der Waals surface area contributed by atoms with Gasteiger partial charge < -0.3 is 14.9 Å². The maximum atomic E-state index is 11.8. The minimum absolute atomic E-state index is 0.0948. The maximum absolute atomic E-state index is 11.8. The molecule has 1 aromatic heterocycles. The number of H-pyrrole nitrogens is 1.